The lowest BCUT2D eigenvalue weighted by Crippen LogP contribution is -2.46. The minimum Gasteiger partial charge on any atom is -0.474 e. The van der Waals surface area contributed by atoms with E-state index >= 15 is 0 Å². The number of carbonyl (C=O) groups is 3. The van der Waals surface area contributed by atoms with Crippen LogP contribution in [0.5, 0.6) is 5.88 Å². The quantitative estimate of drug-likeness (QED) is 0.0743. The average Bonchev–Trinajstić information content (AvgIpc) is 3.26. The number of rotatable bonds is 14. The molecule has 3 N–H and O–H groups in total. The number of unbranched alkanes of at least 4 members (excludes halogenated alkanes) is 1. The number of aromatic nitrogens is 3. The average molecular weight is 795 g/mol. The number of pyridine rings is 1. The lowest BCUT2D eigenvalue weighted by molar-refractivity contribution is -0.134. The first kappa shape index (κ1) is 39.9. The number of benzene rings is 3. The highest BCUT2D eigenvalue weighted by Gasteiger charge is 2.29. The van der Waals surface area contributed by atoms with Crippen LogP contribution in [0.25, 0.3) is 22.0 Å². The number of amides is 2. The van der Waals surface area contributed by atoms with Crippen molar-refractivity contribution in [2.45, 2.75) is 77.7 Å². The summed E-state index contributed by atoms with van der Waals surface area (Å²) in [5.74, 6) is 0.535. The lowest BCUT2D eigenvalue weighted by Gasteiger charge is -2.40. The second-order valence-corrected chi connectivity index (χ2v) is 16.2. The number of ketones is 1. The summed E-state index contributed by atoms with van der Waals surface area (Å²) < 4.78 is 5.72. The first-order valence-electron chi connectivity index (χ1n) is 21.2. The van der Waals surface area contributed by atoms with Crippen molar-refractivity contribution in [1.82, 2.24) is 25.2 Å². The Morgan fingerprint density at radius 1 is 0.983 bits per heavy atom. The first-order valence-corrected chi connectivity index (χ1v) is 21.2. The summed E-state index contributed by atoms with van der Waals surface area (Å²) in [4.78, 5) is 56.6. The Morgan fingerprint density at radius 2 is 1.78 bits per heavy atom. The molecule has 5 heterocycles. The molecule has 3 aliphatic rings. The third-order valence-corrected chi connectivity index (χ3v) is 12.2. The topological polar surface area (TPSA) is 142 Å². The van der Waals surface area contributed by atoms with Crippen molar-refractivity contribution >= 4 is 51.5 Å². The fraction of sp³-hybridized carbons (Fsp3) is 0.404. The van der Waals surface area contributed by atoms with E-state index in [1.807, 2.05) is 54.9 Å². The molecule has 5 aromatic rings. The fourth-order valence-electron chi connectivity index (χ4n) is 8.64. The summed E-state index contributed by atoms with van der Waals surface area (Å²) in [5, 5.41) is 10.1. The maximum Gasteiger partial charge on any atom is 0.237 e. The minimum atomic E-state index is -0.263. The second-order valence-electron chi connectivity index (χ2n) is 16.2. The van der Waals surface area contributed by atoms with E-state index in [1.165, 1.54) is 5.69 Å². The molecule has 2 saturated heterocycles. The van der Waals surface area contributed by atoms with Gasteiger partial charge < -0.3 is 25.2 Å². The largest absolute Gasteiger partial charge is 0.474 e. The second kappa shape index (κ2) is 17.9. The van der Waals surface area contributed by atoms with Crippen molar-refractivity contribution in [3.05, 3.63) is 95.8 Å². The van der Waals surface area contributed by atoms with Gasteiger partial charge in [0.25, 0.3) is 0 Å². The number of hydrogen-bond acceptors (Lipinski definition) is 11. The Hall–Kier alpha value is -5.88. The number of piperidine rings is 2. The highest BCUT2D eigenvalue weighted by Crippen LogP contribution is 2.36. The zero-order valence-corrected chi connectivity index (χ0v) is 34.3. The normalized spacial score (nSPS) is 17.6. The molecule has 0 aliphatic carbocycles. The maximum absolute atomic E-state index is 13.7. The van der Waals surface area contributed by atoms with Crippen LogP contribution >= 0.6 is 0 Å². The summed E-state index contributed by atoms with van der Waals surface area (Å²) in [6.07, 6.45) is 9.84. The fourth-order valence-corrected chi connectivity index (χ4v) is 8.64. The molecular weight excluding hydrogens is 741 g/mol. The van der Waals surface area contributed by atoms with Gasteiger partial charge in [-0.25, -0.2) is 15.0 Å². The van der Waals surface area contributed by atoms with Crippen molar-refractivity contribution < 1.29 is 19.1 Å². The van der Waals surface area contributed by atoms with Crippen LogP contribution in [0.15, 0.2) is 79.1 Å². The molecule has 0 bridgehead atoms. The molecule has 2 unspecified atom stereocenters. The summed E-state index contributed by atoms with van der Waals surface area (Å²) >= 11 is 0. The van der Waals surface area contributed by atoms with Gasteiger partial charge in [0.1, 0.15) is 12.3 Å². The van der Waals surface area contributed by atoms with E-state index in [4.69, 9.17) is 9.72 Å². The Labute approximate surface area is 346 Å². The molecule has 2 atom stereocenters. The number of anilines is 4. The van der Waals surface area contributed by atoms with E-state index in [-0.39, 0.29) is 29.4 Å². The van der Waals surface area contributed by atoms with Crippen molar-refractivity contribution in [2.24, 2.45) is 5.92 Å². The molecule has 2 amide bonds. The van der Waals surface area contributed by atoms with Gasteiger partial charge in [0.15, 0.2) is 5.78 Å². The van der Waals surface area contributed by atoms with Crippen LogP contribution in [0.1, 0.15) is 86.2 Å². The Bertz CT molecular complexity index is 2310. The van der Waals surface area contributed by atoms with Crippen LogP contribution < -0.4 is 25.6 Å². The Kier molecular flexibility index (Phi) is 12.1. The standard InChI is InChI=1S/C47H54N8O4/c1-4-5-22-54(38-19-24-55(25-20-38)37-14-10-32(11-15-37)39-16-17-42(56)53-45(39)58)23-18-30(2)44(57)33-8-12-36(13-9-33)51-47-50-28-35-7-6-34(27-41(35)52-47)40-29-49-46-43(31(40)3)48-21-26-59-46/h6-15,27-30,38-39,48H,4-5,16-26H2,1-3H3,(H,50,51,52)(H,53,56,58). The number of nitrogens with one attached hydrogen (secondary N) is 3. The molecule has 0 spiro atoms. The zero-order chi connectivity index (χ0) is 40.9. The number of imide groups is 1. The van der Waals surface area contributed by atoms with Gasteiger partial charge in [-0.15, -0.1) is 0 Å². The van der Waals surface area contributed by atoms with Crippen molar-refractivity contribution in [3.63, 3.8) is 0 Å². The molecule has 2 fully saturated rings. The van der Waals surface area contributed by atoms with Gasteiger partial charge in [0, 0.05) is 78.3 Å². The Morgan fingerprint density at radius 3 is 2.54 bits per heavy atom. The predicted molar refractivity (Wildman–Crippen MR) is 233 cm³/mol. The molecular formula is C47H54N8O4. The molecule has 3 aliphatic heterocycles. The molecule has 2 aromatic heterocycles. The molecule has 12 nitrogen and oxygen atoms in total. The molecule has 12 heteroatoms. The van der Waals surface area contributed by atoms with Gasteiger partial charge >= 0.3 is 0 Å². The lowest BCUT2D eigenvalue weighted by atomic mass is 9.90. The molecule has 0 saturated carbocycles. The van der Waals surface area contributed by atoms with Crippen molar-refractivity contribution in [3.8, 4) is 17.0 Å². The van der Waals surface area contributed by atoms with Crippen LogP contribution in [0, 0.1) is 12.8 Å². The molecule has 59 heavy (non-hydrogen) atoms. The first-order chi connectivity index (χ1) is 28.7. The summed E-state index contributed by atoms with van der Waals surface area (Å²) in [6, 6.07) is 22.6. The zero-order valence-electron chi connectivity index (χ0n) is 34.3. The van der Waals surface area contributed by atoms with Crippen LogP contribution in [-0.2, 0) is 9.59 Å². The van der Waals surface area contributed by atoms with E-state index in [9.17, 15) is 14.4 Å². The maximum atomic E-state index is 13.7. The number of fused-ring (bicyclic) bond motifs is 2. The number of hydrogen-bond donors (Lipinski definition) is 3. The SMILES string of the molecule is CCCCN(CCC(C)C(=O)c1ccc(Nc2ncc3ccc(-c4cnc5c(c4C)NCCO5)cc3n2)cc1)C1CCN(c2ccc(C3CCC(=O)NC3=O)cc2)CC1. The third-order valence-electron chi connectivity index (χ3n) is 12.2. The Balaban J connectivity index is 0.845. The van der Waals surface area contributed by atoms with Gasteiger partial charge in [-0.3, -0.25) is 19.7 Å². The van der Waals surface area contributed by atoms with Gasteiger partial charge in [-0.1, -0.05) is 44.5 Å². The van der Waals surface area contributed by atoms with Crippen LogP contribution in [0.4, 0.5) is 23.0 Å². The summed E-state index contributed by atoms with van der Waals surface area (Å²) in [6.45, 7) is 11.6. The number of Topliss-reactive ketones (excluding diaryl/α,β-unsaturated/α-hetero) is 1. The van der Waals surface area contributed by atoms with E-state index < -0.39 is 0 Å². The third kappa shape index (κ3) is 9.07. The van der Waals surface area contributed by atoms with Gasteiger partial charge in [0.05, 0.1) is 11.4 Å². The van der Waals surface area contributed by atoms with Crippen molar-refractivity contribution in [2.75, 3.05) is 54.9 Å². The monoisotopic (exact) mass is 794 g/mol. The summed E-state index contributed by atoms with van der Waals surface area (Å²) in [5.41, 5.74) is 8.54. The van der Waals surface area contributed by atoms with Crippen molar-refractivity contribution in [1.29, 1.82) is 0 Å². The van der Waals surface area contributed by atoms with Crippen LogP contribution in [0.2, 0.25) is 0 Å². The highest BCUT2D eigenvalue weighted by atomic mass is 16.5. The van der Waals surface area contributed by atoms with E-state index in [1.54, 1.807) is 0 Å². The molecule has 8 rings (SSSR count). The number of ether oxygens (including phenoxy) is 1. The van der Waals surface area contributed by atoms with Gasteiger partial charge in [-0.2, -0.15) is 0 Å². The highest BCUT2D eigenvalue weighted by molar-refractivity contribution is 6.01. The molecule has 3 aromatic carbocycles. The number of carbonyl (C=O) groups excluding carboxylic acids is 3. The van der Waals surface area contributed by atoms with Crippen LogP contribution in [0.3, 0.4) is 0 Å². The summed E-state index contributed by atoms with van der Waals surface area (Å²) in [7, 11) is 0. The molecule has 306 valence electrons. The number of nitrogens with zero attached hydrogens (tertiary/aromatic N) is 5. The van der Waals surface area contributed by atoms with Crippen LogP contribution in [-0.4, -0.2) is 82.8 Å². The molecule has 0 radical (unpaired) electrons. The predicted octanol–water partition coefficient (Wildman–Crippen LogP) is 8.05. The van der Waals surface area contributed by atoms with Gasteiger partial charge in [0.2, 0.25) is 23.6 Å². The minimum absolute atomic E-state index is 0.101. The van der Waals surface area contributed by atoms with E-state index in [0.29, 0.717) is 42.9 Å². The van der Waals surface area contributed by atoms with E-state index in [0.717, 1.165) is 109 Å². The smallest absolute Gasteiger partial charge is 0.237 e. The van der Waals surface area contributed by atoms with E-state index in [2.05, 4.69) is 80.8 Å². The van der Waals surface area contributed by atoms with Gasteiger partial charge in [-0.05, 0) is 111 Å².